The lowest BCUT2D eigenvalue weighted by Gasteiger charge is -2.30. The third kappa shape index (κ3) is 29.0. The van der Waals surface area contributed by atoms with E-state index in [1.165, 1.54) is 16.7 Å². The number of unbranched alkanes of at least 4 members (excludes halogenated alkanes) is 4. The Labute approximate surface area is 474 Å². The molecule has 0 saturated carbocycles. The summed E-state index contributed by atoms with van der Waals surface area (Å²) in [5.41, 5.74) is 40.0. The highest BCUT2D eigenvalue weighted by atomic mass is 32.2. The first-order valence-electron chi connectivity index (χ1n) is 28.0. The standard InChI is InChI=1S/C51H96N16O12S/c1-31(2)30-39(66-48(76)40-19-13-28-67(40)49(77)32(56)14-12-27-59-51(57)58)47(75)62-35(17-6-10-25-54)43(71)60-33(15-4-8-23-52)42(70)61-34(16-5-9-24-53)44(72)64-37(22-29-80-3)46(74)63-36(20-21-41(68)69)45(73)65-38(50(78)79)18-7-11-26-55/h31-40H,4-30,52-56H2,1-3H3,(H,60,71)(H,61,70)(H,62,75)(H,63,74)(H,64,72)(H,65,73)(H,66,76)(H,68,69)(H,78,79)(H4,57,58,59)/t32-,33-,34-,35-,36-,37-,38-,39-,40-/m0/s1. The van der Waals surface area contributed by atoms with Gasteiger partial charge in [-0.05, 0) is 166 Å². The number of rotatable bonds is 44. The lowest BCUT2D eigenvalue weighted by molar-refractivity contribution is -0.143. The number of guanidine groups is 1. The molecular weight excluding hydrogens is 1060 g/mol. The Bertz CT molecular complexity index is 1990. The van der Waals surface area contributed by atoms with Crippen molar-refractivity contribution in [2.24, 2.45) is 51.0 Å². The van der Waals surface area contributed by atoms with Crippen molar-refractivity contribution in [2.45, 2.75) is 197 Å². The molecule has 0 aromatic carbocycles. The van der Waals surface area contributed by atoms with Crippen LogP contribution in [0.25, 0.3) is 0 Å². The predicted octanol–water partition coefficient (Wildman–Crippen LogP) is -2.98. The number of nitrogens with one attached hydrogen (secondary N) is 7. The van der Waals surface area contributed by atoms with Gasteiger partial charge in [0.2, 0.25) is 47.3 Å². The van der Waals surface area contributed by atoms with E-state index in [1.807, 2.05) is 13.8 Å². The van der Waals surface area contributed by atoms with E-state index in [2.05, 4.69) is 42.2 Å². The zero-order chi connectivity index (χ0) is 60.2. The molecule has 9 atom stereocenters. The fourth-order valence-corrected chi connectivity index (χ4v) is 9.31. The Morgan fingerprint density at radius 3 is 1.34 bits per heavy atom. The average molecular weight is 1160 g/mol. The van der Waals surface area contributed by atoms with Gasteiger partial charge in [0.15, 0.2) is 5.96 Å². The lowest BCUT2D eigenvalue weighted by Crippen LogP contribution is -2.60. The van der Waals surface area contributed by atoms with Crippen LogP contribution in [-0.2, 0) is 47.9 Å². The first-order valence-corrected chi connectivity index (χ1v) is 29.4. The fraction of sp³-hybridized carbons (Fsp3) is 0.784. The van der Waals surface area contributed by atoms with Gasteiger partial charge < -0.3 is 92.5 Å². The minimum atomic E-state index is -1.50. The van der Waals surface area contributed by atoms with E-state index in [4.69, 9.17) is 40.1 Å². The van der Waals surface area contributed by atoms with Crippen LogP contribution >= 0.6 is 11.8 Å². The Balaban J connectivity index is 3.48. The van der Waals surface area contributed by atoms with Crippen LogP contribution in [0.1, 0.15) is 142 Å². The van der Waals surface area contributed by atoms with Gasteiger partial charge in [-0.3, -0.25) is 48.1 Å². The van der Waals surface area contributed by atoms with Crippen LogP contribution in [0.4, 0.5) is 0 Å². The predicted molar refractivity (Wildman–Crippen MR) is 305 cm³/mol. The largest absolute Gasteiger partial charge is 0.481 e. The van der Waals surface area contributed by atoms with Crippen molar-refractivity contribution in [1.82, 2.24) is 42.1 Å². The summed E-state index contributed by atoms with van der Waals surface area (Å²) < 4.78 is 0. The van der Waals surface area contributed by atoms with Gasteiger partial charge >= 0.3 is 11.9 Å². The van der Waals surface area contributed by atoms with Crippen molar-refractivity contribution in [2.75, 3.05) is 51.3 Å². The second-order valence-corrected chi connectivity index (χ2v) is 21.5. The maximum atomic E-state index is 14.4. The number of carbonyl (C=O) groups excluding carboxylic acids is 8. The van der Waals surface area contributed by atoms with Crippen LogP contribution < -0.4 is 77.4 Å². The van der Waals surface area contributed by atoms with E-state index in [9.17, 15) is 58.2 Å². The van der Waals surface area contributed by atoms with Gasteiger partial charge in [-0.25, -0.2) is 4.79 Å². The molecule has 1 heterocycles. The number of amides is 8. The molecule has 23 N–H and O–H groups in total. The summed E-state index contributed by atoms with van der Waals surface area (Å²) in [6, 6.07) is -10.9. The summed E-state index contributed by atoms with van der Waals surface area (Å²) in [6.45, 7) is 5.36. The van der Waals surface area contributed by atoms with Crippen molar-refractivity contribution in [3.8, 4) is 0 Å². The molecule has 0 spiro atoms. The van der Waals surface area contributed by atoms with Gasteiger partial charge in [0.25, 0.3) is 0 Å². The Kier molecular flexibility index (Phi) is 37.1. The van der Waals surface area contributed by atoms with Crippen molar-refractivity contribution >= 4 is 76.9 Å². The molecule has 1 aliphatic rings. The van der Waals surface area contributed by atoms with E-state index in [1.54, 1.807) is 6.26 Å². The smallest absolute Gasteiger partial charge is 0.326 e. The number of thioether (sulfide) groups is 1. The van der Waals surface area contributed by atoms with Crippen molar-refractivity contribution < 1.29 is 58.2 Å². The van der Waals surface area contributed by atoms with Crippen LogP contribution in [0.2, 0.25) is 0 Å². The third-order valence-electron chi connectivity index (χ3n) is 13.3. The summed E-state index contributed by atoms with van der Waals surface area (Å²) in [5.74, 6) is -8.24. The summed E-state index contributed by atoms with van der Waals surface area (Å²) >= 11 is 1.35. The maximum Gasteiger partial charge on any atom is 0.326 e. The minimum absolute atomic E-state index is 0.0276. The van der Waals surface area contributed by atoms with Gasteiger partial charge in [0.1, 0.15) is 48.3 Å². The van der Waals surface area contributed by atoms with Gasteiger partial charge in [-0.1, -0.05) is 13.8 Å². The highest BCUT2D eigenvalue weighted by molar-refractivity contribution is 7.98. The van der Waals surface area contributed by atoms with Crippen LogP contribution in [0.3, 0.4) is 0 Å². The molecule has 458 valence electrons. The number of carboxylic acids is 2. The number of hydrogen-bond acceptors (Lipinski definition) is 17. The molecule has 1 saturated heterocycles. The van der Waals surface area contributed by atoms with Crippen molar-refractivity contribution in [1.29, 1.82) is 0 Å². The maximum absolute atomic E-state index is 14.4. The number of aliphatic carboxylic acids is 2. The zero-order valence-corrected chi connectivity index (χ0v) is 48.0. The van der Waals surface area contributed by atoms with Crippen LogP contribution in [-0.4, -0.2) is 186 Å². The number of carbonyl (C=O) groups is 10. The SMILES string of the molecule is CSCC[C@H](NC(=O)[C@H](CCCCN)NC(=O)[C@H](CCCCN)NC(=O)[C@H](CCCCN)NC(=O)[C@H](CC(C)C)NC(=O)[C@@H]1CCCN1C(=O)[C@@H](N)CCCN=C(N)N)C(=O)N[C@@H](CCC(=O)O)C(=O)N[C@@H](CCCCN)C(=O)O. The molecule has 8 amide bonds. The summed E-state index contributed by atoms with van der Waals surface area (Å²) in [5, 5.41) is 37.9. The van der Waals surface area contributed by atoms with Crippen LogP contribution in [0.15, 0.2) is 4.99 Å². The van der Waals surface area contributed by atoms with Crippen LogP contribution in [0, 0.1) is 5.92 Å². The number of nitrogens with zero attached hydrogens (tertiary/aromatic N) is 2. The molecule has 0 bridgehead atoms. The second-order valence-electron chi connectivity index (χ2n) is 20.5. The van der Waals surface area contributed by atoms with E-state index < -0.39 is 126 Å². The number of hydrogen-bond donors (Lipinski definition) is 16. The molecule has 29 heteroatoms. The number of carboxylic acid groups (broad SMARTS) is 2. The van der Waals surface area contributed by atoms with E-state index in [0.717, 1.165) is 0 Å². The topological polar surface area (TPSA) is 493 Å². The Morgan fingerprint density at radius 1 is 0.550 bits per heavy atom. The Hall–Kier alpha value is -5.88. The second kappa shape index (κ2) is 41.2. The highest BCUT2D eigenvalue weighted by Crippen LogP contribution is 2.21. The number of aliphatic imine (C=N–C) groups is 1. The van der Waals surface area contributed by atoms with Gasteiger partial charge in [-0.2, -0.15) is 11.8 Å². The van der Waals surface area contributed by atoms with Crippen molar-refractivity contribution in [3.05, 3.63) is 0 Å². The molecule has 0 radical (unpaired) electrons. The molecule has 0 unspecified atom stereocenters. The van der Waals surface area contributed by atoms with Gasteiger partial charge in [0.05, 0.1) is 6.04 Å². The highest BCUT2D eigenvalue weighted by Gasteiger charge is 2.39. The quantitative estimate of drug-likeness (QED) is 0.0164. The summed E-state index contributed by atoms with van der Waals surface area (Å²) in [7, 11) is 0. The van der Waals surface area contributed by atoms with Crippen molar-refractivity contribution in [3.63, 3.8) is 0 Å². The fourth-order valence-electron chi connectivity index (χ4n) is 8.84. The number of nitrogens with two attached hydrogens (primary N) is 7. The minimum Gasteiger partial charge on any atom is -0.481 e. The number of likely N-dealkylation sites (tertiary alicyclic amines) is 1. The normalized spacial score (nSPS) is 16.1. The summed E-state index contributed by atoms with van der Waals surface area (Å²) in [6.07, 6.45) is 6.15. The van der Waals surface area contributed by atoms with E-state index >= 15 is 0 Å². The summed E-state index contributed by atoms with van der Waals surface area (Å²) in [4.78, 5) is 141. The van der Waals surface area contributed by atoms with Crippen LogP contribution in [0.5, 0.6) is 0 Å². The molecule has 80 heavy (non-hydrogen) atoms. The molecule has 28 nitrogen and oxygen atoms in total. The first-order chi connectivity index (χ1) is 38.0. The molecule has 1 aliphatic heterocycles. The first kappa shape index (κ1) is 72.1. The lowest BCUT2D eigenvalue weighted by atomic mass is 10.0. The van der Waals surface area contributed by atoms with E-state index in [0.29, 0.717) is 82.9 Å². The molecular formula is C51H96N16O12S. The van der Waals surface area contributed by atoms with Gasteiger partial charge in [0, 0.05) is 19.5 Å². The molecule has 0 aliphatic carbocycles. The molecule has 1 fully saturated rings. The Morgan fingerprint density at radius 2 is 0.950 bits per heavy atom. The van der Waals surface area contributed by atoms with Gasteiger partial charge in [-0.15, -0.1) is 0 Å². The molecule has 0 aromatic rings. The monoisotopic (exact) mass is 1160 g/mol. The molecule has 0 aromatic heterocycles. The average Bonchev–Trinajstić information content (AvgIpc) is 3.90. The zero-order valence-electron chi connectivity index (χ0n) is 47.2. The van der Waals surface area contributed by atoms with E-state index in [-0.39, 0.29) is 89.5 Å². The molecule has 1 rings (SSSR count). The third-order valence-corrected chi connectivity index (χ3v) is 13.9.